The molecular weight excluding hydrogens is 374 g/mol. The number of hydrogen-bond donors (Lipinski definition) is 1. The molecule has 10 heteroatoms. The Morgan fingerprint density at radius 3 is 2.42 bits per heavy atom. The lowest BCUT2D eigenvalue weighted by molar-refractivity contribution is -0.153. The number of carbonyl (C=O) groups excluding carboxylic acids is 2. The Kier molecular flexibility index (Phi) is 5.91. The van der Waals surface area contributed by atoms with E-state index in [9.17, 15) is 27.9 Å². The number of thioether (sulfide) groups is 2. The van der Waals surface area contributed by atoms with Crippen molar-refractivity contribution in [1.29, 1.82) is 0 Å². The molecule has 7 nitrogen and oxygen atoms in total. The van der Waals surface area contributed by atoms with Gasteiger partial charge in [0.05, 0.1) is 16.4 Å². The van der Waals surface area contributed by atoms with Crippen molar-refractivity contribution in [2.24, 2.45) is 5.92 Å². The van der Waals surface area contributed by atoms with Gasteiger partial charge in [0.15, 0.2) is 15.0 Å². The molecule has 1 amide bonds. The van der Waals surface area contributed by atoms with Crippen LogP contribution < -0.4 is 0 Å². The minimum Gasteiger partial charge on any atom is -0.480 e. The summed E-state index contributed by atoms with van der Waals surface area (Å²) in [5, 5.41) is 9.37. The highest BCUT2D eigenvalue weighted by molar-refractivity contribution is 8.13. The molecule has 0 aromatic heterocycles. The van der Waals surface area contributed by atoms with E-state index in [0.717, 1.165) is 11.8 Å². The van der Waals surface area contributed by atoms with Crippen LogP contribution in [0.3, 0.4) is 0 Å². The third-order valence-corrected chi connectivity index (χ3v) is 8.70. The molecule has 2 aliphatic heterocycles. The van der Waals surface area contributed by atoms with Gasteiger partial charge in [-0.3, -0.25) is 9.59 Å². The largest absolute Gasteiger partial charge is 0.480 e. The minimum atomic E-state index is -3.12. The van der Waals surface area contributed by atoms with Crippen LogP contribution in [0.15, 0.2) is 0 Å². The first-order valence-electron chi connectivity index (χ1n) is 7.62. The van der Waals surface area contributed by atoms with E-state index in [0.29, 0.717) is 0 Å². The number of carbonyl (C=O) groups is 3. The van der Waals surface area contributed by atoms with Crippen LogP contribution in [0.25, 0.3) is 0 Å². The van der Waals surface area contributed by atoms with Crippen molar-refractivity contribution >= 4 is 50.4 Å². The molecule has 2 rings (SSSR count). The van der Waals surface area contributed by atoms with Crippen molar-refractivity contribution in [3.05, 3.63) is 0 Å². The molecule has 0 aliphatic carbocycles. The molecule has 0 aromatic carbocycles. The lowest BCUT2D eigenvalue weighted by Gasteiger charge is -2.42. The second-order valence-corrected chi connectivity index (χ2v) is 11.1. The van der Waals surface area contributed by atoms with Crippen molar-refractivity contribution in [2.75, 3.05) is 23.0 Å². The summed E-state index contributed by atoms with van der Waals surface area (Å²) >= 11 is 2.40. The molecule has 1 spiro atoms. The van der Waals surface area contributed by atoms with E-state index >= 15 is 0 Å². The Balaban J connectivity index is 2.24. The third kappa shape index (κ3) is 4.08. The highest BCUT2D eigenvalue weighted by Gasteiger charge is 2.54. The molecule has 0 bridgehead atoms. The van der Waals surface area contributed by atoms with E-state index in [1.807, 2.05) is 0 Å². The summed E-state index contributed by atoms with van der Waals surface area (Å²) in [6.07, 6.45) is 0.504. The van der Waals surface area contributed by atoms with Gasteiger partial charge in [0, 0.05) is 24.3 Å². The average molecular weight is 396 g/mol. The lowest BCUT2D eigenvalue weighted by Crippen LogP contribution is -2.56. The molecule has 136 valence electrons. The number of carboxylic acids is 1. The number of hydrogen-bond acceptors (Lipinski definition) is 7. The first kappa shape index (κ1) is 19.6. The number of rotatable bonds is 4. The topological polar surface area (TPSA) is 109 Å². The maximum absolute atomic E-state index is 12.9. The van der Waals surface area contributed by atoms with Gasteiger partial charge in [0.1, 0.15) is 6.04 Å². The van der Waals surface area contributed by atoms with Gasteiger partial charge >= 0.3 is 5.97 Å². The molecule has 2 unspecified atom stereocenters. The Bertz CT molecular complexity index is 633. The molecule has 0 radical (unpaired) electrons. The molecule has 0 aromatic rings. The molecule has 2 fully saturated rings. The van der Waals surface area contributed by atoms with E-state index in [1.54, 1.807) is 6.92 Å². The molecule has 1 N–H and O–H groups in total. The maximum Gasteiger partial charge on any atom is 0.327 e. The van der Waals surface area contributed by atoms with Gasteiger partial charge in [-0.05, 0) is 12.8 Å². The Hall–Kier alpha value is -0.740. The summed E-state index contributed by atoms with van der Waals surface area (Å²) in [5.74, 6) is -1.42. The summed E-state index contributed by atoms with van der Waals surface area (Å²) in [6.45, 7) is 3.09. The fourth-order valence-electron chi connectivity index (χ4n) is 2.99. The van der Waals surface area contributed by atoms with Crippen LogP contribution in [-0.2, 0) is 24.2 Å². The van der Waals surface area contributed by atoms with Crippen LogP contribution in [0, 0.1) is 5.92 Å². The van der Waals surface area contributed by atoms with E-state index in [-0.39, 0.29) is 46.9 Å². The van der Waals surface area contributed by atoms with E-state index in [1.165, 1.54) is 23.6 Å². The molecule has 2 heterocycles. The molecule has 2 aliphatic rings. The SMILES string of the molecule is CC(=O)SCC(C)C(=O)N1C(C(=O)O)CSC12CCS(=O)(=O)CC2. The van der Waals surface area contributed by atoms with Gasteiger partial charge in [-0.1, -0.05) is 18.7 Å². The Labute approximate surface area is 149 Å². The van der Waals surface area contributed by atoms with Gasteiger partial charge in [-0.2, -0.15) is 0 Å². The molecular formula is C14H21NO6S3. The normalized spacial score (nSPS) is 26.2. The fourth-order valence-corrected chi connectivity index (χ4v) is 6.99. The number of sulfone groups is 1. The summed E-state index contributed by atoms with van der Waals surface area (Å²) in [7, 11) is -3.12. The predicted octanol–water partition coefficient (Wildman–Crippen LogP) is 0.836. The molecule has 2 saturated heterocycles. The first-order chi connectivity index (χ1) is 11.1. The lowest BCUT2D eigenvalue weighted by atomic mass is 10.0. The predicted molar refractivity (Wildman–Crippen MR) is 93.6 cm³/mol. The third-order valence-electron chi connectivity index (χ3n) is 4.35. The standard InChI is InChI=1S/C14H21NO6S3/c1-9(7-22-10(2)16)12(17)15-11(13(18)19)8-23-14(15)3-5-24(20,21)6-4-14/h9,11H,3-8H2,1-2H3,(H,18,19). The van der Waals surface area contributed by atoms with Gasteiger partial charge in [0.2, 0.25) is 5.91 Å². The Morgan fingerprint density at radius 1 is 1.33 bits per heavy atom. The maximum atomic E-state index is 12.9. The van der Waals surface area contributed by atoms with Crippen molar-refractivity contribution in [3.63, 3.8) is 0 Å². The summed E-state index contributed by atoms with van der Waals surface area (Å²) in [5.41, 5.74) is 0. The van der Waals surface area contributed by atoms with Crippen LogP contribution in [0.1, 0.15) is 26.7 Å². The smallest absolute Gasteiger partial charge is 0.327 e. The van der Waals surface area contributed by atoms with Crippen LogP contribution in [0.4, 0.5) is 0 Å². The second kappa shape index (κ2) is 7.25. The second-order valence-electron chi connectivity index (χ2n) is 6.17. The van der Waals surface area contributed by atoms with Crippen molar-refractivity contribution in [3.8, 4) is 0 Å². The van der Waals surface area contributed by atoms with E-state index < -0.39 is 32.6 Å². The van der Waals surface area contributed by atoms with Crippen molar-refractivity contribution in [1.82, 2.24) is 4.90 Å². The minimum absolute atomic E-state index is 0.0350. The highest BCUT2D eigenvalue weighted by Crippen LogP contribution is 2.47. The summed E-state index contributed by atoms with van der Waals surface area (Å²) in [6, 6.07) is -0.951. The van der Waals surface area contributed by atoms with Crippen molar-refractivity contribution < 1.29 is 27.9 Å². The van der Waals surface area contributed by atoms with Crippen LogP contribution >= 0.6 is 23.5 Å². The van der Waals surface area contributed by atoms with Crippen molar-refractivity contribution in [2.45, 2.75) is 37.6 Å². The molecule has 2 atom stereocenters. The molecule has 0 saturated carbocycles. The van der Waals surface area contributed by atoms with Crippen LogP contribution in [-0.4, -0.2) is 69.3 Å². The Morgan fingerprint density at radius 2 is 1.92 bits per heavy atom. The van der Waals surface area contributed by atoms with Gasteiger partial charge in [0.25, 0.3) is 0 Å². The zero-order chi connectivity index (χ0) is 18.1. The fraction of sp³-hybridized carbons (Fsp3) is 0.786. The van der Waals surface area contributed by atoms with Gasteiger partial charge in [-0.25, -0.2) is 13.2 Å². The van der Waals surface area contributed by atoms with Crippen LogP contribution in [0.5, 0.6) is 0 Å². The van der Waals surface area contributed by atoms with Crippen LogP contribution in [0.2, 0.25) is 0 Å². The number of aliphatic carboxylic acids is 1. The average Bonchev–Trinajstić information content (AvgIpc) is 2.87. The number of carboxylic acid groups (broad SMARTS) is 1. The monoisotopic (exact) mass is 395 g/mol. The highest BCUT2D eigenvalue weighted by atomic mass is 32.2. The van der Waals surface area contributed by atoms with Gasteiger partial charge in [-0.15, -0.1) is 11.8 Å². The number of nitrogens with zero attached hydrogens (tertiary/aromatic N) is 1. The summed E-state index contributed by atoms with van der Waals surface area (Å²) < 4.78 is 23.4. The summed E-state index contributed by atoms with van der Waals surface area (Å²) in [4.78, 5) is 36.2. The van der Waals surface area contributed by atoms with E-state index in [4.69, 9.17) is 0 Å². The molecule has 24 heavy (non-hydrogen) atoms. The number of amides is 1. The zero-order valence-electron chi connectivity index (χ0n) is 13.6. The van der Waals surface area contributed by atoms with Gasteiger partial charge < -0.3 is 10.0 Å². The zero-order valence-corrected chi connectivity index (χ0v) is 16.0. The van der Waals surface area contributed by atoms with E-state index in [2.05, 4.69) is 0 Å². The first-order valence-corrected chi connectivity index (χ1v) is 11.4. The quantitative estimate of drug-likeness (QED) is 0.746.